The van der Waals surface area contributed by atoms with Crippen molar-refractivity contribution in [3.63, 3.8) is 0 Å². The van der Waals surface area contributed by atoms with E-state index in [0.717, 1.165) is 0 Å². The highest BCUT2D eigenvalue weighted by molar-refractivity contribution is 7.08. The third-order valence-electron chi connectivity index (χ3n) is 3.76. The van der Waals surface area contributed by atoms with Gasteiger partial charge in [-0.15, -0.1) is 0 Å². The molecule has 0 aliphatic carbocycles. The molecule has 3 N–H and O–H groups in total. The van der Waals surface area contributed by atoms with E-state index in [1.54, 1.807) is 53.2 Å². The Kier molecular flexibility index (Phi) is 5.41. The van der Waals surface area contributed by atoms with Crippen molar-refractivity contribution in [2.45, 2.75) is 5.60 Å². The van der Waals surface area contributed by atoms with Gasteiger partial charge < -0.3 is 20.2 Å². The van der Waals surface area contributed by atoms with Crippen molar-refractivity contribution in [1.82, 2.24) is 5.32 Å². The monoisotopic (exact) mass is 390 g/mol. The summed E-state index contributed by atoms with van der Waals surface area (Å²) in [5, 5.41) is 19.8. The Bertz CT molecular complexity index is 860. The second-order valence-electron chi connectivity index (χ2n) is 5.47. The average Bonchev–Trinajstić information content (AvgIpc) is 3.35. The molecule has 2 amide bonds. The van der Waals surface area contributed by atoms with Crippen molar-refractivity contribution in [1.29, 1.82) is 0 Å². The molecule has 0 saturated carbocycles. The molecule has 0 radical (unpaired) electrons. The summed E-state index contributed by atoms with van der Waals surface area (Å²) in [6.45, 7) is -0.230. The highest BCUT2D eigenvalue weighted by atomic mass is 35.5. The fourth-order valence-electron chi connectivity index (χ4n) is 2.38. The van der Waals surface area contributed by atoms with E-state index in [1.807, 2.05) is 0 Å². The predicted octanol–water partition coefficient (Wildman–Crippen LogP) is 2.99. The molecule has 1 atom stereocenters. The number of hydrogen-bond acceptors (Lipinski definition) is 5. The van der Waals surface area contributed by atoms with Gasteiger partial charge in [-0.2, -0.15) is 11.3 Å². The van der Waals surface area contributed by atoms with Crippen LogP contribution < -0.4 is 10.6 Å². The van der Waals surface area contributed by atoms with Gasteiger partial charge in [0.15, 0.2) is 5.60 Å². The van der Waals surface area contributed by atoms with Crippen molar-refractivity contribution in [3.8, 4) is 0 Å². The summed E-state index contributed by atoms with van der Waals surface area (Å²) in [5.74, 6) is -1.52. The number of rotatable bonds is 5. The minimum Gasteiger partial charge on any atom is -0.466 e. The predicted molar refractivity (Wildman–Crippen MR) is 99.1 cm³/mol. The number of benzene rings is 1. The second kappa shape index (κ2) is 7.74. The first-order valence-corrected chi connectivity index (χ1v) is 8.95. The number of amides is 2. The van der Waals surface area contributed by atoms with Gasteiger partial charge in [0.2, 0.25) is 0 Å². The molecule has 0 bridgehead atoms. The Morgan fingerprint density at radius 2 is 1.96 bits per heavy atom. The summed E-state index contributed by atoms with van der Waals surface area (Å²) in [6, 6.07) is 11.5. The number of nitrogens with one attached hydrogen (secondary N) is 2. The van der Waals surface area contributed by atoms with Gasteiger partial charge in [0.1, 0.15) is 5.76 Å². The molecule has 0 fully saturated rings. The third-order valence-corrected chi connectivity index (χ3v) is 4.77. The number of aliphatic hydroxyl groups is 1. The maximum Gasteiger partial charge on any atom is 0.313 e. The van der Waals surface area contributed by atoms with Gasteiger partial charge in [-0.3, -0.25) is 9.59 Å². The van der Waals surface area contributed by atoms with Crippen LogP contribution in [0.2, 0.25) is 5.02 Å². The van der Waals surface area contributed by atoms with E-state index >= 15 is 0 Å². The van der Waals surface area contributed by atoms with Crippen LogP contribution in [0.5, 0.6) is 0 Å². The molecule has 26 heavy (non-hydrogen) atoms. The van der Waals surface area contributed by atoms with E-state index in [-0.39, 0.29) is 12.3 Å². The maximum atomic E-state index is 12.1. The topological polar surface area (TPSA) is 91.6 Å². The van der Waals surface area contributed by atoms with Crippen LogP contribution in [0, 0.1) is 0 Å². The van der Waals surface area contributed by atoms with Gasteiger partial charge >= 0.3 is 11.8 Å². The van der Waals surface area contributed by atoms with Crippen LogP contribution in [0.4, 0.5) is 5.69 Å². The van der Waals surface area contributed by atoms with Crippen molar-refractivity contribution in [2.75, 3.05) is 11.9 Å². The number of carbonyl (C=O) groups excluding carboxylic acids is 2. The molecule has 0 spiro atoms. The Morgan fingerprint density at radius 1 is 1.15 bits per heavy atom. The molecular weight excluding hydrogens is 376 g/mol. The minimum absolute atomic E-state index is 0.230. The van der Waals surface area contributed by atoms with Crippen LogP contribution in [0.15, 0.2) is 63.9 Å². The molecule has 2 aromatic heterocycles. The normalized spacial score (nSPS) is 13.0. The van der Waals surface area contributed by atoms with Gasteiger partial charge in [-0.1, -0.05) is 23.7 Å². The lowest BCUT2D eigenvalue weighted by Gasteiger charge is -2.25. The lowest BCUT2D eigenvalue weighted by molar-refractivity contribution is -0.136. The average molecular weight is 391 g/mol. The first-order valence-electron chi connectivity index (χ1n) is 7.63. The number of halogens is 1. The largest absolute Gasteiger partial charge is 0.466 e. The number of thiophene rings is 1. The van der Waals surface area contributed by atoms with Crippen LogP contribution in [0.25, 0.3) is 0 Å². The number of hydrogen-bond donors (Lipinski definition) is 3. The van der Waals surface area contributed by atoms with E-state index in [1.165, 1.54) is 17.6 Å². The second-order valence-corrected chi connectivity index (χ2v) is 6.65. The summed E-state index contributed by atoms with van der Waals surface area (Å²) >= 11 is 7.36. The molecule has 6 nitrogen and oxygen atoms in total. The summed E-state index contributed by atoms with van der Waals surface area (Å²) in [4.78, 5) is 24.2. The maximum absolute atomic E-state index is 12.1. The lowest BCUT2D eigenvalue weighted by atomic mass is 9.93. The molecule has 0 unspecified atom stereocenters. The number of anilines is 1. The molecule has 3 rings (SSSR count). The van der Waals surface area contributed by atoms with Crippen molar-refractivity contribution >= 4 is 40.4 Å². The first-order chi connectivity index (χ1) is 12.5. The summed E-state index contributed by atoms with van der Waals surface area (Å²) in [7, 11) is 0. The molecule has 3 aromatic rings. The zero-order valence-electron chi connectivity index (χ0n) is 13.4. The van der Waals surface area contributed by atoms with E-state index < -0.39 is 17.4 Å². The Morgan fingerprint density at radius 3 is 2.62 bits per heavy atom. The standard InChI is InChI=1S/C18H15ClN2O4S/c19-13-4-1-2-5-14(13)21-17(23)16(22)20-11-18(24,12-7-9-26-10-12)15-6-3-8-25-15/h1-10,24H,11H2,(H,20,22)(H,21,23)/t18-/m0/s1. The molecule has 0 aliphatic heterocycles. The van der Waals surface area contributed by atoms with E-state index in [2.05, 4.69) is 10.6 Å². The minimum atomic E-state index is -1.58. The highest BCUT2D eigenvalue weighted by Gasteiger charge is 2.36. The Labute approximate surface area is 158 Å². The van der Waals surface area contributed by atoms with Crippen LogP contribution in [-0.2, 0) is 15.2 Å². The van der Waals surface area contributed by atoms with Crippen LogP contribution in [0.3, 0.4) is 0 Å². The van der Waals surface area contributed by atoms with E-state index in [9.17, 15) is 14.7 Å². The van der Waals surface area contributed by atoms with Gasteiger partial charge in [-0.25, -0.2) is 0 Å². The quantitative estimate of drug-likeness (QED) is 0.584. The fraction of sp³-hybridized carbons (Fsp3) is 0.111. The van der Waals surface area contributed by atoms with Crippen molar-refractivity contribution in [2.24, 2.45) is 0 Å². The van der Waals surface area contributed by atoms with E-state index in [0.29, 0.717) is 16.3 Å². The number of carbonyl (C=O) groups is 2. The summed E-state index contributed by atoms with van der Waals surface area (Å²) in [5.41, 5.74) is -0.693. The summed E-state index contributed by atoms with van der Waals surface area (Å²) < 4.78 is 5.31. The molecule has 2 heterocycles. The van der Waals surface area contributed by atoms with E-state index in [4.69, 9.17) is 16.0 Å². The third kappa shape index (κ3) is 3.80. The van der Waals surface area contributed by atoms with Crippen molar-refractivity contribution < 1.29 is 19.1 Å². The Hall–Kier alpha value is -2.61. The molecule has 1 aromatic carbocycles. The van der Waals surface area contributed by atoms with Gasteiger partial charge in [0, 0.05) is 5.56 Å². The fourth-order valence-corrected chi connectivity index (χ4v) is 3.28. The van der Waals surface area contributed by atoms with Crippen molar-refractivity contribution in [3.05, 3.63) is 75.8 Å². The number of para-hydroxylation sites is 1. The Balaban J connectivity index is 1.70. The van der Waals surface area contributed by atoms with Gasteiger partial charge in [0.25, 0.3) is 0 Å². The van der Waals surface area contributed by atoms with Crippen LogP contribution in [0.1, 0.15) is 11.3 Å². The first kappa shape index (κ1) is 18.2. The lowest BCUT2D eigenvalue weighted by Crippen LogP contribution is -2.45. The molecule has 0 saturated heterocycles. The molecule has 8 heteroatoms. The zero-order chi connectivity index (χ0) is 18.6. The zero-order valence-corrected chi connectivity index (χ0v) is 15.0. The number of furan rings is 1. The molecule has 134 valence electrons. The van der Waals surface area contributed by atoms with Gasteiger partial charge in [0.05, 0.1) is 23.5 Å². The molecular formula is C18H15ClN2O4S. The SMILES string of the molecule is O=C(NC[C@](O)(c1ccsc1)c1ccco1)C(=O)Nc1ccccc1Cl. The van der Waals surface area contributed by atoms with Crippen LogP contribution in [-0.4, -0.2) is 23.5 Å². The van der Waals surface area contributed by atoms with Crippen LogP contribution >= 0.6 is 22.9 Å². The summed E-state index contributed by atoms with van der Waals surface area (Å²) in [6.07, 6.45) is 1.43. The highest BCUT2D eigenvalue weighted by Crippen LogP contribution is 2.31. The van der Waals surface area contributed by atoms with Gasteiger partial charge in [-0.05, 0) is 41.1 Å². The smallest absolute Gasteiger partial charge is 0.313 e. The molecule has 0 aliphatic rings.